The van der Waals surface area contributed by atoms with Gasteiger partial charge in [0.05, 0.1) is 5.75 Å². The highest BCUT2D eigenvalue weighted by molar-refractivity contribution is 7.89. The summed E-state index contributed by atoms with van der Waals surface area (Å²) < 4.78 is 24.9. The van der Waals surface area contributed by atoms with Crippen LogP contribution in [0.25, 0.3) is 0 Å². The molecule has 0 aromatic carbocycles. The van der Waals surface area contributed by atoms with Gasteiger partial charge in [-0.2, -0.15) is 0 Å². The monoisotopic (exact) mass is 265 g/mol. The van der Waals surface area contributed by atoms with Gasteiger partial charge < -0.3 is 10.6 Å². The zero-order chi connectivity index (χ0) is 13.3. The first kappa shape index (κ1) is 16.3. The average molecular weight is 265 g/mol. The van der Waals surface area contributed by atoms with Crippen LogP contribution in [0.5, 0.6) is 0 Å². The third-order valence-corrected chi connectivity index (χ3v) is 3.57. The normalized spacial score (nSPS) is 13.4. The molecular formula is C10H23N3O3S. The molecule has 1 amide bonds. The van der Waals surface area contributed by atoms with Gasteiger partial charge in [0.2, 0.25) is 15.9 Å². The van der Waals surface area contributed by atoms with E-state index < -0.39 is 10.0 Å². The number of hydrogen-bond donors (Lipinski definition) is 3. The maximum Gasteiger partial charge on any atom is 0.221 e. The van der Waals surface area contributed by atoms with E-state index in [9.17, 15) is 13.2 Å². The Morgan fingerprint density at radius 2 is 1.88 bits per heavy atom. The summed E-state index contributed by atoms with van der Waals surface area (Å²) in [7, 11) is -3.25. The molecule has 17 heavy (non-hydrogen) atoms. The molecule has 0 bridgehead atoms. The molecule has 0 aromatic heterocycles. The molecule has 0 spiro atoms. The molecule has 0 heterocycles. The second-order valence-electron chi connectivity index (χ2n) is 3.83. The van der Waals surface area contributed by atoms with Crippen molar-refractivity contribution < 1.29 is 13.2 Å². The third-order valence-electron chi connectivity index (χ3n) is 2.10. The molecule has 0 aliphatic carbocycles. The van der Waals surface area contributed by atoms with E-state index in [2.05, 4.69) is 15.4 Å². The first-order valence-corrected chi connectivity index (χ1v) is 7.54. The van der Waals surface area contributed by atoms with Crippen LogP contribution in [0, 0.1) is 0 Å². The number of nitrogens with one attached hydrogen (secondary N) is 3. The summed E-state index contributed by atoms with van der Waals surface area (Å²) in [5, 5.41) is 5.70. The van der Waals surface area contributed by atoms with E-state index in [0.717, 1.165) is 6.54 Å². The predicted octanol–water partition coefficient (Wildman–Crippen LogP) is -0.570. The summed E-state index contributed by atoms with van der Waals surface area (Å²) >= 11 is 0. The van der Waals surface area contributed by atoms with E-state index in [0.29, 0.717) is 13.0 Å². The second kappa shape index (κ2) is 8.43. The van der Waals surface area contributed by atoms with Crippen molar-refractivity contribution in [3.8, 4) is 0 Å². The highest BCUT2D eigenvalue weighted by Crippen LogP contribution is 1.90. The van der Waals surface area contributed by atoms with Crippen LogP contribution in [-0.4, -0.2) is 45.8 Å². The van der Waals surface area contributed by atoms with Crippen molar-refractivity contribution in [3.63, 3.8) is 0 Å². The molecule has 6 nitrogen and oxygen atoms in total. The van der Waals surface area contributed by atoms with Gasteiger partial charge in [0.1, 0.15) is 0 Å². The molecule has 0 fully saturated rings. The van der Waals surface area contributed by atoms with Gasteiger partial charge in [-0.3, -0.25) is 4.79 Å². The quantitative estimate of drug-likeness (QED) is 0.521. The lowest BCUT2D eigenvalue weighted by Gasteiger charge is -2.12. The smallest absolute Gasteiger partial charge is 0.221 e. The van der Waals surface area contributed by atoms with Crippen LogP contribution in [0.1, 0.15) is 27.2 Å². The second-order valence-corrected chi connectivity index (χ2v) is 5.76. The van der Waals surface area contributed by atoms with Gasteiger partial charge in [0.25, 0.3) is 0 Å². The molecule has 102 valence electrons. The van der Waals surface area contributed by atoms with Crippen LogP contribution in [0.3, 0.4) is 0 Å². The molecule has 1 atom stereocenters. The standard InChI is InChI=1S/C10H23N3O3S/c1-4-11-9(3)8-10(14)12-6-7-17(15,16)13-5-2/h9,11,13H,4-8H2,1-3H3,(H,12,14). The first-order chi connectivity index (χ1) is 7.91. The van der Waals surface area contributed by atoms with Gasteiger partial charge in [-0.25, -0.2) is 13.1 Å². The molecule has 0 saturated carbocycles. The zero-order valence-electron chi connectivity index (χ0n) is 10.7. The summed E-state index contributed by atoms with van der Waals surface area (Å²) in [4.78, 5) is 11.4. The van der Waals surface area contributed by atoms with Gasteiger partial charge >= 0.3 is 0 Å². The fourth-order valence-corrected chi connectivity index (χ4v) is 2.34. The average Bonchev–Trinajstić information content (AvgIpc) is 2.16. The SMILES string of the molecule is CCNC(C)CC(=O)NCCS(=O)(=O)NCC. The van der Waals surface area contributed by atoms with E-state index in [4.69, 9.17) is 0 Å². The number of amides is 1. The molecule has 1 unspecified atom stereocenters. The van der Waals surface area contributed by atoms with E-state index >= 15 is 0 Å². The predicted molar refractivity (Wildman–Crippen MR) is 68.2 cm³/mol. The summed E-state index contributed by atoms with van der Waals surface area (Å²) in [6, 6.07) is 0.102. The summed E-state index contributed by atoms with van der Waals surface area (Å²) in [5.41, 5.74) is 0. The van der Waals surface area contributed by atoms with Gasteiger partial charge in [-0.05, 0) is 13.5 Å². The Morgan fingerprint density at radius 1 is 1.24 bits per heavy atom. The minimum Gasteiger partial charge on any atom is -0.355 e. The molecule has 0 aromatic rings. The van der Waals surface area contributed by atoms with Gasteiger partial charge in [0, 0.05) is 25.6 Å². The molecule has 0 aliphatic rings. The topological polar surface area (TPSA) is 87.3 Å². The fourth-order valence-electron chi connectivity index (χ4n) is 1.39. The van der Waals surface area contributed by atoms with Gasteiger partial charge in [-0.1, -0.05) is 13.8 Å². The van der Waals surface area contributed by atoms with E-state index in [1.54, 1.807) is 6.92 Å². The minimum atomic E-state index is -3.25. The Labute approximate surface area is 104 Å². The number of carbonyl (C=O) groups is 1. The maximum atomic E-state index is 11.4. The highest BCUT2D eigenvalue weighted by atomic mass is 32.2. The maximum absolute atomic E-state index is 11.4. The molecule has 7 heteroatoms. The Hall–Kier alpha value is -0.660. The fraction of sp³-hybridized carbons (Fsp3) is 0.900. The molecule has 3 N–H and O–H groups in total. The summed E-state index contributed by atoms with van der Waals surface area (Å²) in [5.74, 6) is -0.215. The number of rotatable bonds is 9. The molecular weight excluding hydrogens is 242 g/mol. The van der Waals surface area contributed by atoms with Crippen molar-refractivity contribution in [2.24, 2.45) is 0 Å². The van der Waals surface area contributed by atoms with E-state index in [-0.39, 0.29) is 24.2 Å². The molecule has 0 aliphatic heterocycles. The van der Waals surface area contributed by atoms with Crippen LogP contribution in [-0.2, 0) is 14.8 Å². The Bertz CT molecular complexity index is 317. The van der Waals surface area contributed by atoms with Crippen molar-refractivity contribution >= 4 is 15.9 Å². The lowest BCUT2D eigenvalue weighted by molar-refractivity contribution is -0.121. The van der Waals surface area contributed by atoms with Crippen LogP contribution >= 0.6 is 0 Å². The van der Waals surface area contributed by atoms with Crippen LogP contribution in [0.4, 0.5) is 0 Å². The number of carbonyl (C=O) groups excluding carboxylic acids is 1. The zero-order valence-corrected chi connectivity index (χ0v) is 11.6. The number of hydrogen-bond acceptors (Lipinski definition) is 4. The van der Waals surface area contributed by atoms with Crippen molar-refractivity contribution in [1.29, 1.82) is 0 Å². The highest BCUT2D eigenvalue weighted by Gasteiger charge is 2.10. The van der Waals surface area contributed by atoms with Gasteiger partial charge in [0.15, 0.2) is 0 Å². The Balaban J connectivity index is 3.78. The van der Waals surface area contributed by atoms with Crippen LogP contribution < -0.4 is 15.4 Å². The molecule has 0 rings (SSSR count). The third kappa shape index (κ3) is 9.08. The summed E-state index contributed by atoms with van der Waals surface area (Å²) in [6.45, 7) is 6.92. The Kier molecular flexibility index (Phi) is 8.11. The number of sulfonamides is 1. The minimum absolute atomic E-state index is 0.0812. The first-order valence-electron chi connectivity index (χ1n) is 5.88. The lowest BCUT2D eigenvalue weighted by Crippen LogP contribution is -2.37. The van der Waals surface area contributed by atoms with Crippen LogP contribution in [0.2, 0.25) is 0 Å². The van der Waals surface area contributed by atoms with E-state index in [1.807, 2.05) is 13.8 Å². The van der Waals surface area contributed by atoms with Gasteiger partial charge in [-0.15, -0.1) is 0 Å². The molecule has 0 radical (unpaired) electrons. The molecule has 0 saturated heterocycles. The summed E-state index contributed by atoms with van der Waals surface area (Å²) in [6.07, 6.45) is 0.356. The van der Waals surface area contributed by atoms with Crippen LogP contribution in [0.15, 0.2) is 0 Å². The Morgan fingerprint density at radius 3 is 2.41 bits per heavy atom. The van der Waals surface area contributed by atoms with Crippen molar-refractivity contribution in [1.82, 2.24) is 15.4 Å². The van der Waals surface area contributed by atoms with Crippen molar-refractivity contribution in [2.45, 2.75) is 33.2 Å². The largest absolute Gasteiger partial charge is 0.355 e. The van der Waals surface area contributed by atoms with Crippen molar-refractivity contribution in [2.75, 3.05) is 25.4 Å². The lowest BCUT2D eigenvalue weighted by atomic mass is 10.2. The van der Waals surface area contributed by atoms with Crippen molar-refractivity contribution in [3.05, 3.63) is 0 Å². The van der Waals surface area contributed by atoms with E-state index in [1.165, 1.54) is 0 Å².